The Labute approximate surface area is 432 Å². The molecule has 0 bridgehead atoms. The van der Waals surface area contributed by atoms with Crippen molar-refractivity contribution in [2.45, 2.75) is 113 Å². The van der Waals surface area contributed by atoms with Gasteiger partial charge in [0.15, 0.2) is 18.7 Å². The maximum atomic E-state index is 13.5. The van der Waals surface area contributed by atoms with Crippen LogP contribution in [0.4, 0.5) is 0 Å². The van der Waals surface area contributed by atoms with Crippen molar-refractivity contribution in [1.82, 2.24) is 0 Å². The number of hydrogen-bond donors (Lipinski definition) is 0. The normalized spacial score (nSPS) is 24.3. The smallest absolute Gasteiger partial charge is 0.303 e. The maximum absolute atomic E-state index is 13.5. The van der Waals surface area contributed by atoms with Crippen molar-refractivity contribution >= 4 is 23.7 Å². The third-order valence-electron chi connectivity index (χ3n) is 12.3. The van der Waals surface area contributed by atoms with E-state index in [1.807, 2.05) is 182 Å². The predicted octanol–water partition coefficient (Wildman–Crippen LogP) is 9.85. The number of hydrogen-bond acceptors (Lipinski definition) is 14. The Kier molecular flexibility index (Phi) is 20.6. The lowest BCUT2D eigenvalue weighted by molar-refractivity contribution is -0.374. The molecule has 0 spiro atoms. The summed E-state index contributed by atoms with van der Waals surface area (Å²) < 4.78 is 73.6. The minimum atomic E-state index is -1.35. The molecule has 13 nitrogen and oxygen atoms in total. The van der Waals surface area contributed by atoms with Gasteiger partial charge >= 0.3 is 11.9 Å². The highest BCUT2D eigenvalue weighted by Crippen LogP contribution is 2.39. The summed E-state index contributed by atoms with van der Waals surface area (Å²) in [6.45, 7) is 3.17. The van der Waals surface area contributed by atoms with Crippen molar-refractivity contribution in [3.05, 3.63) is 210 Å². The number of carbonyl (C=O) groups is 2. The average Bonchev–Trinajstić information content (AvgIpc) is 3.42. The Balaban J connectivity index is 1.22. The minimum Gasteiger partial charge on any atom is -0.463 e. The van der Waals surface area contributed by atoms with E-state index in [0.29, 0.717) is 5.75 Å². The van der Waals surface area contributed by atoms with Crippen molar-refractivity contribution in [3.8, 4) is 0 Å². The number of benzene rings is 6. The number of esters is 2. The van der Waals surface area contributed by atoms with Gasteiger partial charge in [0.2, 0.25) is 0 Å². The van der Waals surface area contributed by atoms with Gasteiger partial charge in [0, 0.05) is 31.6 Å². The van der Waals surface area contributed by atoms with E-state index in [-0.39, 0.29) is 39.6 Å². The Morgan fingerprint density at radius 3 is 1.48 bits per heavy atom. The van der Waals surface area contributed by atoms with Crippen LogP contribution in [0, 0.1) is 0 Å². The van der Waals surface area contributed by atoms with E-state index in [1.165, 1.54) is 13.8 Å². The molecule has 11 atom stereocenters. The first-order valence-electron chi connectivity index (χ1n) is 24.6. The summed E-state index contributed by atoms with van der Waals surface area (Å²) in [6.07, 6.45) is -11.0. The first-order valence-corrected chi connectivity index (χ1v) is 25.6. The first-order chi connectivity index (χ1) is 35.8. The fourth-order valence-corrected chi connectivity index (χ4v) is 9.77. The van der Waals surface area contributed by atoms with E-state index in [0.717, 1.165) is 32.7 Å². The van der Waals surface area contributed by atoms with Crippen LogP contribution < -0.4 is 0 Å². The molecular formula is C59H64O13S. The molecule has 2 saturated heterocycles. The van der Waals surface area contributed by atoms with Crippen LogP contribution in [0.5, 0.6) is 0 Å². The number of ether oxygens (including phenoxy) is 11. The molecule has 0 aliphatic carbocycles. The summed E-state index contributed by atoms with van der Waals surface area (Å²) in [4.78, 5) is 27.1. The van der Waals surface area contributed by atoms with Crippen LogP contribution in [-0.4, -0.2) is 99.4 Å². The van der Waals surface area contributed by atoms with Crippen molar-refractivity contribution in [1.29, 1.82) is 0 Å². The van der Waals surface area contributed by atoms with E-state index >= 15 is 0 Å². The van der Waals surface area contributed by atoms with Gasteiger partial charge in [-0.25, -0.2) is 0 Å². The summed E-state index contributed by atoms with van der Waals surface area (Å²) in [5.41, 5.74) is 4.52. The molecule has 6 aromatic carbocycles. The maximum Gasteiger partial charge on any atom is 0.303 e. The van der Waals surface area contributed by atoms with Crippen LogP contribution in [0.3, 0.4) is 0 Å². The fraction of sp³-hybridized carbons (Fsp3) is 0.356. The zero-order chi connectivity index (χ0) is 50.6. The van der Waals surface area contributed by atoms with Crippen LogP contribution in [0.15, 0.2) is 187 Å². The molecule has 2 fully saturated rings. The van der Waals surface area contributed by atoms with E-state index in [1.54, 1.807) is 18.9 Å². The van der Waals surface area contributed by atoms with Gasteiger partial charge in [-0.2, -0.15) is 0 Å². The van der Waals surface area contributed by atoms with E-state index < -0.39 is 79.5 Å². The third-order valence-corrected chi connectivity index (χ3v) is 13.4. The quantitative estimate of drug-likeness (QED) is 0.0398. The highest BCUT2D eigenvalue weighted by Gasteiger charge is 2.56. The SMILES string of the molecule is CO[C@H]1O[C@H](COCc2ccccc2)[C@@H](O[C@H]2O[C@H](COC(C)=O)[C@@H](OCc3ccccc3)[C@H](OC(C)=O)[C@H]2O[C@H](CSc2ccccc2)c2ccccc2)[C@H](OCc2ccccc2)[C@H]1OCc1ccccc1. The summed E-state index contributed by atoms with van der Waals surface area (Å²) in [5, 5.41) is 0. The van der Waals surface area contributed by atoms with Gasteiger partial charge in [-0.05, 0) is 39.9 Å². The minimum absolute atomic E-state index is 0.0294. The number of methoxy groups -OCH3 is 1. The van der Waals surface area contributed by atoms with E-state index in [9.17, 15) is 9.59 Å². The monoisotopic (exact) mass is 1010 g/mol. The number of carbonyl (C=O) groups excluding carboxylic acids is 2. The fourth-order valence-electron chi connectivity index (χ4n) is 8.81. The second kappa shape index (κ2) is 28.1. The summed E-state index contributed by atoms with van der Waals surface area (Å²) in [7, 11) is 1.56. The van der Waals surface area contributed by atoms with Gasteiger partial charge in [0.1, 0.15) is 49.3 Å². The molecule has 2 aliphatic rings. The average molecular weight is 1010 g/mol. The Hall–Kier alpha value is -5.75. The summed E-state index contributed by atoms with van der Waals surface area (Å²) >= 11 is 1.61. The van der Waals surface area contributed by atoms with Gasteiger partial charge < -0.3 is 52.1 Å². The molecule has 73 heavy (non-hydrogen) atoms. The van der Waals surface area contributed by atoms with Crippen LogP contribution in [0.2, 0.25) is 0 Å². The molecule has 0 aromatic heterocycles. The van der Waals surface area contributed by atoms with Crippen molar-refractivity contribution in [2.24, 2.45) is 0 Å². The third kappa shape index (κ3) is 15.9. The standard InChI is InChI=1S/C59H64O13S/c1-41(60)64-39-50-52(65-35-44-24-12-5-13-25-44)55(68-42(2)61)57(69-51(47-30-18-8-19-31-47)40-73-48-32-20-9-21-33-48)59(71-50)72-53-49(38-63-34-43-22-10-4-11-23-43)70-58(62-3)56(67-37-46-28-16-7-17-29-46)54(53)66-36-45-26-14-6-15-27-45/h4-33,49-59H,34-40H2,1-3H3/t49-,50-,51-,52-,53-,54+,55+,56-,57-,58+,59-/m1/s1. The molecule has 0 amide bonds. The van der Waals surface area contributed by atoms with Crippen LogP contribution in [0.1, 0.15) is 47.8 Å². The molecule has 2 aliphatic heterocycles. The number of rotatable bonds is 25. The molecule has 384 valence electrons. The van der Waals surface area contributed by atoms with Crippen LogP contribution in [-0.2, 0) is 88.1 Å². The van der Waals surface area contributed by atoms with Crippen LogP contribution >= 0.6 is 11.8 Å². The van der Waals surface area contributed by atoms with Gasteiger partial charge in [-0.15, -0.1) is 11.8 Å². The zero-order valence-corrected chi connectivity index (χ0v) is 42.2. The Morgan fingerprint density at radius 1 is 0.493 bits per heavy atom. The molecular weight excluding hydrogens is 949 g/mol. The Bertz CT molecular complexity index is 2510. The second-order valence-electron chi connectivity index (χ2n) is 17.7. The lowest BCUT2D eigenvalue weighted by Gasteiger charge is -2.50. The largest absolute Gasteiger partial charge is 0.463 e. The van der Waals surface area contributed by atoms with Crippen molar-refractivity contribution in [3.63, 3.8) is 0 Å². The predicted molar refractivity (Wildman–Crippen MR) is 274 cm³/mol. The molecule has 14 heteroatoms. The van der Waals surface area contributed by atoms with E-state index in [4.69, 9.17) is 52.1 Å². The lowest BCUT2D eigenvalue weighted by Crippen LogP contribution is -2.66. The molecule has 6 aromatic rings. The van der Waals surface area contributed by atoms with Crippen LogP contribution in [0.25, 0.3) is 0 Å². The van der Waals surface area contributed by atoms with Gasteiger partial charge in [0.25, 0.3) is 0 Å². The van der Waals surface area contributed by atoms with E-state index in [2.05, 4.69) is 0 Å². The lowest BCUT2D eigenvalue weighted by atomic mass is 9.95. The van der Waals surface area contributed by atoms with Crippen molar-refractivity contribution in [2.75, 3.05) is 26.1 Å². The molecule has 0 unspecified atom stereocenters. The van der Waals surface area contributed by atoms with Gasteiger partial charge in [0.05, 0.1) is 39.1 Å². The summed E-state index contributed by atoms with van der Waals surface area (Å²) in [6, 6.07) is 58.9. The molecule has 2 heterocycles. The zero-order valence-electron chi connectivity index (χ0n) is 41.3. The second-order valence-corrected chi connectivity index (χ2v) is 18.8. The molecule has 0 N–H and O–H groups in total. The Morgan fingerprint density at radius 2 is 0.959 bits per heavy atom. The van der Waals surface area contributed by atoms with Gasteiger partial charge in [-0.3, -0.25) is 9.59 Å². The van der Waals surface area contributed by atoms with Gasteiger partial charge in [-0.1, -0.05) is 170 Å². The number of thioether (sulfide) groups is 1. The highest BCUT2D eigenvalue weighted by molar-refractivity contribution is 7.99. The highest BCUT2D eigenvalue weighted by atomic mass is 32.2. The molecule has 0 radical (unpaired) electrons. The summed E-state index contributed by atoms with van der Waals surface area (Å²) in [5.74, 6) is -0.683. The van der Waals surface area contributed by atoms with Crippen molar-refractivity contribution < 1.29 is 61.7 Å². The molecule has 0 saturated carbocycles. The first kappa shape index (κ1) is 53.5. The topological polar surface area (TPSA) is 136 Å². The molecule has 8 rings (SSSR count).